The predicted molar refractivity (Wildman–Crippen MR) is 103 cm³/mol. The van der Waals surface area contributed by atoms with Crippen molar-refractivity contribution in [3.63, 3.8) is 0 Å². The third-order valence-electron chi connectivity index (χ3n) is 5.49. The lowest BCUT2D eigenvalue weighted by Crippen LogP contribution is -2.48. The number of hydrogen-bond acceptors (Lipinski definition) is 5. The lowest BCUT2D eigenvalue weighted by Gasteiger charge is -2.37. The Kier molecular flexibility index (Phi) is 5.09. The Morgan fingerprint density at radius 1 is 1.22 bits per heavy atom. The highest BCUT2D eigenvalue weighted by Gasteiger charge is 2.44. The first kappa shape index (κ1) is 19.0. The van der Waals surface area contributed by atoms with Gasteiger partial charge in [0.05, 0.1) is 10.7 Å². The van der Waals surface area contributed by atoms with Gasteiger partial charge in [0.25, 0.3) is 5.91 Å². The van der Waals surface area contributed by atoms with Gasteiger partial charge in [-0.15, -0.1) is 0 Å². The second-order valence-electron chi connectivity index (χ2n) is 7.35. The predicted octanol–water partition coefficient (Wildman–Crippen LogP) is 2.31. The van der Waals surface area contributed by atoms with Gasteiger partial charge in [-0.1, -0.05) is 18.5 Å². The number of benzene rings is 1. The number of piperidine rings is 1. The quantitative estimate of drug-likeness (QED) is 0.801. The van der Waals surface area contributed by atoms with Crippen LogP contribution in [0.3, 0.4) is 0 Å². The minimum atomic E-state index is -3.75. The summed E-state index contributed by atoms with van der Waals surface area (Å²) < 4.78 is 34.1. The van der Waals surface area contributed by atoms with Crippen LogP contribution in [0.4, 0.5) is 5.69 Å². The van der Waals surface area contributed by atoms with Crippen LogP contribution in [-0.4, -0.2) is 61.9 Å². The first-order valence-corrected chi connectivity index (χ1v) is 11.2. The molecule has 1 saturated heterocycles. The van der Waals surface area contributed by atoms with Crippen LogP contribution in [-0.2, 0) is 14.8 Å². The Morgan fingerprint density at radius 3 is 2.52 bits per heavy atom. The topological polar surface area (TPSA) is 79.0 Å². The summed E-state index contributed by atoms with van der Waals surface area (Å²) in [6.07, 6.45) is 3.45. The molecule has 1 saturated carbocycles. The van der Waals surface area contributed by atoms with Crippen LogP contribution >= 0.6 is 11.6 Å². The summed E-state index contributed by atoms with van der Waals surface area (Å²) in [5.74, 6) is 0.0607. The number of carbonyl (C=O) groups is 1. The average Bonchev–Trinajstić information content (AvgIpc) is 3.46. The number of fused-ring (bicyclic) bond motifs is 1. The fraction of sp³-hybridized carbons (Fsp3) is 0.611. The van der Waals surface area contributed by atoms with Crippen LogP contribution in [0.15, 0.2) is 17.0 Å². The van der Waals surface area contributed by atoms with Gasteiger partial charge in [-0.25, -0.2) is 8.42 Å². The van der Waals surface area contributed by atoms with Crippen molar-refractivity contribution in [2.24, 2.45) is 0 Å². The van der Waals surface area contributed by atoms with Crippen LogP contribution in [0.25, 0.3) is 0 Å². The first-order valence-electron chi connectivity index (χ1n) is 9.42. The number of sulfonamides is 1. The molecule has 0 bridgehead atoms. The van der Waals surface area contributed by atoms with Gasteiger partial charge in [0, 0.05) is 18.2 Å². The van der Waals surface area contributed by atoms with Crippen LogP contribution in [0, 0.1) is 0 Å². The van der Waals surface area contributed by atoms with Gasteiger partial charge in [0.2, 0.25) is 10.0 Å². The summed E-state index contributed by atoms with van der Waals surface area (Å²) in [6, 6.07) is 2.97. The third-order valence-corrected chi connectivity index (χ3v) is 7.96. The molecule has 1 amide bonds. The molecule has 1 aromatic carbocycles. The molecule has 1 N–H and O–H groups in total. The zero-order valence-corrected chi connectivity index (χ0v) is 16.9. The summed E-state index contributed by atoms with van der Waals surface area (Å²) in [5.41, 5.74) is 0.407. The van der Waals surface area contributed by atoms with Gasteiger partial charge in [-0.2, -0.15) is 4.31 Å². The number of halogens is 1. The van der Waals surface area contributed by atoms with Crippen molar-refractivity contribution >= 4 is 33.2 Å². The second kappa shape index (κ2) is 7.24. The molecule has 2 aliphatic heterocycles. The number of likely N-dealkylation sites (tertiary alicyclic amines) is 1. The fourth-order valence-electron chi connectivity index (χ4n) is 3.90. The zero-order chi connectivity index (χ0) is 19.2. The van der Waals surface area contributed by atoms with E-state index in [1.165, 1.54) is 12.1 Å². The standard InChI is InChI=1S/C18H24ClN3O4S/c1-2-21-7-5-13(6-8-21)22(12-3-4-12)27(24,25)17-10-16-15(9-14(17)19)20-18(23)11-26-16/h9-10,12-13H,2-8,11H2,1H3,(H,20,23). The number of hydrogen-bond donors (Lipinski definition) is 1. The number of rotatable bonds is 5. The van der Waals surface area contributed by atoms with Crippen LogP contribution < -0.4 is 10.1 Å². The van der Waals surface area contributed by atoms with E-state index in [-0.39, 0.29) is 34.5 Å². The van der Waals surface area contributed by atoms with Gasteiger partial charge in [0.1, 0.15) is 10.6 Å². The number of carbonyl (C=O) groups excluding carboxylic acids is 1. The van der Waals surface area contributed by atoms with Gasteiger partial charge < -0.3 is 15.0 Å². The van der Waals surface area contributed by atoms with Gasteiger partial charge in [-0.3, -0.25) is 4.79 Å². The van der Waals surface area contributed by atoms with Gasteiger partial charge >= 0.3 is 0 Å². The van der Waals surface area contributed by atoms with E-state index in [4.69, 9.17) is 16.3 Å². The highest BCUT2D eigenvalue weighted by atomic mass is 35.5. The van der Waals surface area contributed by atoms with Crippen molar-refractivity contribution in [3.8, 4) is 5.75 Å². The molecule has 0 radical (unpaired) electrons. The second-order valence-corrected chi connectivity index (χ2v) is 9.57. The molecule has 2 heterocycles. The van der Waals surface area contributed by atoms with Crippen molar-refractivity contribution in [1.29, 1.82) is 0 Å². The molecule has 0 atom stereocenters. The molecular formula is C18H24ClN3O4S. The number of ether oxygens (including phenoxy) is 1. The Bertz CT molecular complexity index is 848. The molecule has 2 fully saturated rings. The van der Waals surface area contributed by atoms with E-state index >= 15 is 0 Å². The number of anilines is 1. The molecule has 3 aliphatic rings. The van der Waals surface area contributed by atoms with Crippen LogP contribution in [0.5, 0.6) is 5.75 Å². The fourth-order valence-corrected chi connectivity index (χ4v) is 6.35. The maximum atomic E-state index is 13.5. The maximum Gasteiger partial charge on any atom is 0.262 e. The van der Waals surface area contributed by atoms with Gasteiger partial charge in [0.15, 0.2) is 6.61 Å². The lowest BCUT2D eigenvalue weighted by molar-refractivity contribution is -0.118. The van der Waals surface area contributed by atoms with Crippen molar-refractivity contribution in [1.82, 2.24) is 9.21 Å². The Balaban J connectivity index is 1.66. The number of nitrogens with zero attached hydrogens (tertiary/aromatic N) is 2. The molecule has 1 aliphatic carbocycles. The maximum absolute atomic E-state index is 13.5. The van der Waals surface area contributed by atoms with Crippen LogP contribution in [0.2, 0.25) is 5.02 Å². The summed E-state index contributed by atoms with van der Waals surface area (Å²) in [5, 5.41) is 2.76. The molecule has 27 heavy (non-hydrogen) atoms. The average molecular weight is 414 g/mol. The Hall–Kier alpha value is -1.35. The Morgan fingerprint density at radius 2 is 1.89 bits per heavy atom. The summed E-state index contributed by atoms with van der Waals surface area (Å²) in [4.78, 5) is 13.9. The van der Waals surface area contributed by atoms with Crippen molar-refractivity contribution in [3.05, 3.63) is 17.2 Å². The number of amides is 1. The minimum Gasteiger partial charge on any atom is -0.482 e. The van der Waals surface area contributed by atoms with Crippen molar-refractivity contribution in [2.45, 2.75) is 49.6 Å². The molecule has 148 valence electrons. The summed E-state index contributed by atoms with van der Waals surface area (Å²) in [7, 11) is -3.75. The largest absolute Gasteiger partial charge is 0.482 e. The highest BCUT2D eigenvalue weighted by molar-refractivity contribution is 7.89. The van der Waals surface area contributed by atoms with E-state index in [0.29, 0.717) is 11.4 Å². The molecule has 9 heteroatoms. The molecule has 4 rings (SSSR count). The molecule has 0 aromatic heterocycles. The molecule has 7 nitrogen and oxygen atoms in total. The van der Waals surface area contributed by atoms with E-state index in [1.807, 2.05) is 0 Å². The molecule has 0 unspecified atom stereocenters. The summed E-state index contributed by atoms with van der Waals surface area (Å²) >= 11 is 6.33. The Labute approximate surface area is 164 Å². The molecule has 0 spiro atoms. The van der Waals surface area contributed by atoms with E-state index in [9.17, 15) is 13.2 Å². The first-order chi connectivity index (χ1) is 12.9. The SMILES string of the molecule is CCN1CCC(N(C2CC2)S(=O)(=O)c2cc3c(cc2Cl)NC(=O)CO3)CC1. The van der Waals surface area contributed by atoms with E-state index < -0.39 is 10.0 Å². The number of nitrogens with one attached hydrogen (secondary N) is 1. The van der Waals surface area contributed by atoms with E-state index in [1.54, 1.807) is 4.31 Å². The van der Waals surface area contributed by atoms with Crippen LogP contribution in [0.1, 0.15) is 32.6 Å². The van der Waals surface area contributed by atoms with Gasteiger partial charge in [-0.05, 0) is 51.4 Å². The van der Waals surface area contributed by atoms with Crippen molar-refractivity contribution in [2.75, 3.05) is 31.6 Å². The monoisotopic (exact) mass is 413 g/mol. The third kappa shape index (κ3) is 3.68. The molecular weight excluding hydrogens is 390 g/mol. The molecule has 1 aromatic rings. The summed E-state index contributed by atoms with van der Waals surface area (Å²) in [6.45, 7) is 4.81. The lowest BCUT2D eigenvalue weighted by atomic mass is 10.1. The highest BCUT2D eigenvalue weighted by Crippen LogP contribution is 2.41. The zero-order valence-electron chi connectivity index (χ0n) is 15.3. The minimum absolute atomic E-state index is 0.00183. The normalized spacial score (nSPS) is 21.7. The van der Waals surface area contributed by atoms with E-state index in [2.05, 4.69) is 17.1 Å². The smallest absolute Gasteiger partial charge is 0.262 e. The van der Waals surface area contributed by atoms with Crippen molar-refractivity contribution < 1.29 is 17.9 Å². The van der Waals surface area contributed by atoms with E-state index in [0.717, 1.165) is 45.3 Å².